The summed E-state index contributed by atoms with van der Waals surface area (Å²) in [5, 5.41) is 7.21. The van der Waals surface area contributed by atoms with Gasteiger partial charge in [0.1, 0.15) is 5.69 Å². The fourth-order valence-corrected chi connectivity index (χ4v) is 4.86. The van der Waals surface area contributed by atoms with Gasteiger partial charge < -0.3 is 10.6 Å². The van der Waals surface area contributed by atoms with Gasteiger partial charge in [-0.15, -0.1) is 11.3 Å². The largest absolute Gasteiger partial charge is 0.326 e. The van der Waals surface area contributed by atoms with Gasteiger partial charge in [0.25, 0.3) is 0 Å². The van der Waals surface area contributed by atoms with E-state index in [0.717, 1.165) is 34.1 Å². The molecule has 0 spiro atoms. The summed E-state index contributed by atoms with van der Waals surface area (Å²) >= 11 is 1.56. The number of piperidine rings is 1. The number of carbonyl (C=O) groups is 2. The molecule has 6 heteroatoms. The molecule has 4 rings (SSSR count). The Labute approximate surface area is 180 Å². The standard InChI is InChI=1S/C24H25N3O2S/c1-16-26-22(24(30-16)17-8-4-2-5-9-17)23(29)18-12-13-25-20(14-18)15-21(28)27-19-10-6-3-7-11-19/h2-11,18,20,25H,12-15H2,1H3,(H,27,28). The minimum Gasteiger partial charge on any atom is -0.326 e. The number of hydrogen-bond donors (Lipinski definition) is 2. The third-order valence-electron chi connectivity index (χ3n) is 5.36. The van der Waals surface area contributed by atoms with Crippen LogP contribution in [0.15, 0.2) is 60.7 Å². The summed E-state index contributed by atoms with van der Waals surface area (Å²) in [4.78, 5) is 31.3. The van der Waals surface area contributed by atoms with Gasteiger partial charge in [-0.3, -0.25) is 9.59 Å². The first-order valence-corrected chi connectivity index (χ1v) is 11.1. The molecule has 1 saturated heterocycles. The Bertz CT molecular complexity index is 1020. The van der Waals surface area contributed by atoms with Crippen molar-refractivity contribution in [1.29, 1.82) is 0 Å². The average Bonchev–Trinajstić information content (AvgIpc) is 3.16. The van der Waals surface area contributed by atoms with Gasteiger partial charge in [0.2, 0.25) is 5.91 Å². The van der Waals surface area contributed by atoms with E-state index in [2.05, 4.69) is 15.6 Å². The van der Waals surface area contributed by atoms with Crippen LogP contribution < -0.4 is 10.6 Å². The smallest absolute Gasteiger partial charge is 0.225 e. The molecule has 1 aliphatic heterocycles. The van der Waals surface area contributed by atoms with Crippen molar-refractivity contribution >= 4 is 28.7 Å². The predicted octanol–water partition coefficient (Wildman–Crippen LogP) is 4.70. The van der Waals surface area contributed by atoms with Gasteiger partial charge in [-0.05, 0) is 44.0 Å². The molecule has 30 heavy (non-hydrogen) atoms. The van der Waals surface area contributed by atoms with E-state index in [1.54, 1.807) is 11.3 Å². The lowest BCUT2D eigenvalue weighted by molar-refractivity contribution is -0.116. The number of aryl methyl sites for hydroxylation is 1. The maximum Gasteiger partial charge on any atom is 0.225 e. The predicted molar refractivity (Wildman–Crippen MR) is 121 cm³/mol. The van der Waals surface area contributed by atoms with Crippen molar-refractivity contribution in [3.63, 3.8) is 0 Å². The minimum absolute atomic E-state index is 0.0173. The normalized spacial score (nSPS) is 18.7. The molecule has 1 aromatic heterocycles. The van der Waals surface area contributed by atoms with E-state index >= 15 is 0 Å². The van der Waals surface area contributed by atoms with Crippen molar-refractivity contribution in [1.82, 2.24) is 10.3 Å². The molecule has 1 amide bonds. The molecule has 0 bridgehead atoms. The van der Waals surface area contributed by atoms with Crippen LogP contribution in [-0.4, -0.2) is 29.3 Å². The molecular formula is C24H25N3O2S. The van der Waals surface area contributed by atoms with Crippen LogP contribution in [0, 0.1) is 12.8 Å². The molecule has 2 unspecified atom stereocenters. The number of hydrogen-bond acceptors (Lipinski definition) is 5. The van der Waals surface area contributed by atoms with Crippen LogP contribution in [-0.2, 0) is 4.79 Å². The van der Waals surface area contributed by atoms with E-state index in [0.29, 0.717) is 18.5 Å². The van der Waals surface area contributed by atoms with E-state index < -0.39 is 0 Å². The molecule has 1 aliphatic rings. The van der Waals surface area contributed by atoms with Crippen LogP contribution in [0.2, 0.25) is 0 Å². The number of para-hydroxylation sites is 1. The van der Waals surface area contributed by atoms with Crippen LogP contribution in [0.25, 0.3) is 10.4 Å². The third-order valence-corrected chi connectivity index (χ3v) is 6.38. The molecule has 2 heterocycles. The number of anilines is 1. The van der Waals surface area contributed by atoms with Gasteiger partial charge in [0.15, 0.2) is 5.78 Å². The second kappa shape index (κ2) is 9.32. The number of amides is 1. The number of nitrogens with zero attached hydrogens (tertiary/aromatic N) is 1. The topological polar surface area (TPSA) is 71.1 Å². The summed E-state index contributed by atoms with van der Waals surface area (Å²) in [5.41, 5.74) is 2.39. The summed E-state index contributed by atoms with van der Waals surface area (Å²) in [6.45, 7) is 2.66. The van der Waals surface area contributed by atoms with E-state index in [-0.39, 0.29) is 23.7 Å². The van der Waals surface area contributed by atoms with Gasteiger partial charge in [-0.25, -0.2) is 4.98 Å². The fraction of sp³-hybridized carbons (Fsp3) is 0.292. The molecule has 2 N–H and O–H groups in total. The Kier molecular flexibility index (Phi) is 6.35. The summed E-state index contributed by atoms with van der Waals surface area (Å²) in [7, 11) is 0. The number of thiazole rings is 1. The maximum absolute atomic E-state index is 13.3. The number of ketones is 1. The van der Waals surface area contributed by atoms with Crippen LogP contribution in [0.1, 0.15) is 34.8 Å². The summed E-state index contributed by atoms with van der Waals surface area (Å²) < 4.78 is 0. The molecular weight excluding hydrogens is 394 g/mol. The lowest BCUT2D eigenvalue weighted by Crippen LogP contribution is -2.42. The van der Waals surface area contributed by atoms with Gasteiger partial charge in [0, 0.05) is 24.1 Å². The van der Waals surface area contributed by atoms with E-state index in [9.17, 15) is 9.59 Å². The van der Waals surface area contributed by atoms with Crippen LogP contribution in [0.3, 0.4) is 0 Å². The van der Waals surface area contributed by atoms with Crippen LogP contribution in [0.5, 0.6) is 0 Å². The van der Waals surface area contributed by atoms with E-state index in [1.165, 1.54) is 0 Å². The Morgan fingerprint density at radius 3 is 2.53 bits per heavy atom. The summed E-state index contributed by atoms with van der Waals surface area (Å²) in [5.74, 6) is -0.0702. The monoisotopic (exact) mass is 419 g/mol. The molecule has 0 saturated carbocycles. The number of benzene rings is 2. The molecule has 0 radical (unpaired) electrons. The zero-order valence-corrected chi connectivity index (χ0v) is 17.7. The first-order chi connectivity index (χ1) is 14.6. The second-order valence-electron chi connectivity index (χ2n) is 7.63. The Morgan fingerprint density at radius 2 is 1.80 bits per heavy atom. The summed E-state index contributed by atoms with van der Waals surface area (Å²) in [6, 6.07) is 19.4. The van der Waals surface area contributed by atoms with Gasteiger partial charge in [-0.2, -0.15) is 0 Å². The maximum atomic E-state index is 13.3. The zero-order valence-electron chi connectivity index (χ0n) is 16.9. The Balaban J connectivity index is 1.44. The molecule has 1 fully saturated rings. The second-order valence-corrected chi connectivity index (χ2v) is 8.83. The lowest BCUT2D eigenvalue weighted by Gasteiger charge is -2.29. The molecule has 2 aromatic carbocycles. The van der Waals surface area contributed by atoms with Gasteiger partial charge >= 0.3 is 0 Å². The zero-order chi connectivity index (χ0) is 20.9. The number of carbonyl (C=O) groups excluding carboxylic acids is 2. The highest BCUT2D eigenvalue weighted by Gasteiger charge is 2.31. The number of nitrogens with one attached hydrogen (secondary N) is 2. The molecule has 2 atom stereocenters. The van der Waals surface area contributed by atoms with Crippen molar-refractivity contribution in [2.24, 2.45) is 5.92 Å². The molecule has 154 valence electrons. The van der Waals surface area contributed by atoms with Crippen molar-refractivity contribution in [2.45, 2.75) is 32.2 Å². The fourth-order valence-electron chi connectivity index (χ4n) is 3.93. The molecule has 0 aliphatic carbocycles. The number of rotatable bonds is 6. The molecule has 3 aromatic rings. The Hall–Kier alpha value is -2.83. The first-order valence-electron chi connectivity index (χ1n) is 10.3. The highest BCUT2D eigenvalue weighted by atomic mass is 32.1. The first kappa shape index (κ1) is 20.4. The third kappa shape index (κ3) is 4.83. The highest BCUT2D eigenvalue weighted by Crippen LogP contribution is 2.33. The van der Waals surface area contributed by atoms with Crippen LogP contribution >= 0.6 is 11.3 Å². The highest BCUT2D eigenvalue weighted by molar-refractivity contribution is 7.15. The Morgan fingerprint density at radius 1 is 1.10 bits per heavy atom. The van der Waals surface area contributed by atoms with E-state index in [4.69, 9.17) is 0 Å². The van der Waals surface area contributed by atoms with Crippen molar-refractivity contribution in [3.8, 4) is 10.4 Å². The molecule has 5 nitrogen and oxygen atoms in total. The van der Waals surface area contributed by atoms with Gasteiger partial charge in [-0.1, -0.05) is 48.5 Å². The quantitative estimate of drug-likeness (QED) is 0.568. The van der Waals surface area contributed by atoms with Crippen molar-refractivity contribution in [3.05, 3.63) is 71.4 Å². The average molecular weight is 420 g/mol. The van der Waals surface area contributed by atoms with Crippen LogP contribution in [0.4, 0.5) is 5.69 Å². The van der Waals surface area contributed by atoms with Crippen molar-refractivity contribution in [2.75, 3.05) is 11.9 Å². The minimum atomic E-state index is -0.121. The van der Waals surface area contributed by atoms with E-state index in [1.807, 2.05) is 67.6 Å². The SMILES string of the molecule is Cc1nc(C(=O)C2CCNC(CC(=O)Nc3ccccc3)C2)c(-c2ccccc2)s1. The lowest BCUT2D eigenvalue weighted by atomic mass is 9.86. The van der Waals surface area contributed by atoms with Crippen molar-refractivity contribution < 1.29 is 9.59 Å². The van der Waals surface area contributed by atoms with Gasteiger partial charge in [0.05, 0.1) is 9.88 Å². The number of Topliss-reactive ketones (excluding diaryl/α,β-unsaturated/α-hetero) is 1. The summed E-state index contributed by atoms with van der Waals surface area (Å²) in [6.07, 6.45) is 1.76. The number of aromatic nitrogens is 1.